The molecule has 0 atom stereocenters. The fraction of sp³-hybridized carbons (Fsp3) is 0.0625. The zero-order valence-electron chi connectivity index (χ0n) is 13.3. The van der Waals surface area contributed by atoms with Crippen LogP contribution in [0.15, 0.2) is 51.2 Å². The predicted molar refractivity (Wildman–Crippen MR) is 96.4 cm³/mol. The van der Waals surface area contributed by atoms with Crippen molar-refractivity contribution in [1.82, 2.24) is 9.55 Å². The molecule has 0 bridgehead atoms. The summed E-state index contributed by atoms with van der Waals surface area (Å²) in [7, 11) is -2.58. The lowest BCUT2D eigenvalue weighted by molar-refractivity contribution is 0.214. The summed E-state index contributed by atoms with van der Waals surface area (Å²) >= 11 is 6.00. The normalized spacial score (nSPS) is 14.5. The largest absolute Gasteiger partial charge is 0.399 e. The van der Waals surface area contributed by atoms with Crippen LogP contribution in [0.3, 0.4) is 0 Å². The predicted octanol–water partition coefficient (Wildman–Crippen LogP) is 1.40. The molecule has 0 amide bonds. The van der Waals surface area contributed by atoms with E-state index in [2.05, 4.69) is 10.1 Å². The minimum Gasteiger partial charge on any atom is -0.399 e. The summed E-state index contributed by atoms with van der Waals surface area (Å²) in [5.41, 5.74) is 1.12. The van der Waals surface area contributed by atoms with E-state index in [0.29, 0.717) is 27.2 Å². The maximum Gasteiger partial charge on any atom is 0.266 e. The molecule has 2 aromatic carbocycles. The van der Waals surface area contributed by atoms with Crippen molar-refractivity contribution < 1.29 is 13.3 Å². The molecule has 10 heteroatoms. The first-order chi connectivity index (χ1) is 12.3. The Kier molecular flexibility index (Phi) is 3.62. The lowest BCUT2D eigenvalue weighted by Crippen LogP contribution is -2.21. The van der Waals surface area contributed by atoms with Gasteiger partial charge < -0.3 is 4.84 Å². The van der Waals surface area contributed by atoms with Crippen LogP contribution < -0.4 is 10.7 Å². The van der Waals surface area contributed by atoms with Crippen LogP contribution in [0, 0.1) is 0 Å². The van der Waals surface area contributed by atoms with Crippen molar-refractivity contribution in [3.05, 3.63) is 63.2 Å². The average molecular weight is 391 g/mol. The molecule has 1 aliphatic heterocycles. The van der Waals surface area contributed by atoms with Crippen LogP contribution in [-0.2, 0) is 14.9 Å². The highest BCUT2D eigenvalue weighted by atomic mass is 35.5. The molecule has 0 saturated heterocycles. The molecule has 1 aromatic heterocycles. The highest BCUT2D eigenvalue weighted by Gasteiger charge is 2.30. The maximum absolute atomic E-state index is 13.0. The molecule has 0 unspecified atom stereocenters. The number of halogens is 1. The highest BCUT2D eigenvalue weighted by molar-refractivity contribution is 7.89. The molecule has 0 spiro atoms. The molecule has 4 rings (SSSR count). The molecule has 2 N–H and O–H groups in total. The monoisotopic (exact) mass is 390 g/mol. The smallest absolute Gasteiger partial charge is 0.266 e. The Morgan fingerprint density at radius 3 is 2.69 bits per heavy atom. The summed E-state index contributed by atoms with van der Waals surface area (Å²) < 4.78 is 24.7. The number of aromatic nitrogens is 2. The van der Waals surface area contributed by atoms with E-state index in [1.165, 1.54) is 29.9 Å². The molecule has 1 aliphatic rings. The quantitative estimate of drug-likeness (QED) is 0.519. The van der Waals surface area contributed by atoms with E-state index in [-0.39, 0.29) is 22.0 Å². The van der Waals surface area contributed by atoms with Gasteiger partial charge in [-0.1, -0.05) is 16.8 Å². The van der Waals surface area contributed by atoms with Gasteiger partial charge in [-0.15, -0.1) is 0 Å². The minimum atomic E-state index is -3.92. The molecular weight excluding hydrogens is 380 g/mol. The Labute approximate surface area is 152 Å². The fourth-order valence-corrected chi connectivity index (χ4v) is 3.63. The number of hydrogen-bond acceptors (Lipinski definition) is 6. The van der Waals surface area contributed by atoms with E-state index in [9.17, 15) is 13.2 Å². The second kappa shape index (κ2) is 5.63. The van der Waals surface area contributed by atoms with E-state index < -0.39 is 10.0 Å². The van der Waals surface area contributed by atoms with Crippen LogP contribution in [0.2, 0.25) is 5.02 Å². The summed E-state index contributed by atoms with van der Waals surface area (Å²) in [6.07, 6.45) is 0. The zero-order chi connectivity index (χ0) is 18.6. The van der Waals surface area contributed by atoms with Crippen molar-refractivity contribution >= 4 is 38.2 Å². The fourth-order valence-electron chi connectivity index (χ4n) is 2.92. The molecule has 3 aromatic rings. The number of nitrogens with two attached hydrogens (primary N) is 1. The van der Waals surface area contributed by atoms with Crippen molar-refractivity contribution in [3.63, 3.8) is 0 Å². The molecule has 132 valence electrons. The summed E-state index contributed by atoms with van der Waals surface area (Å²) in [4.78, 5) is 22.2. The van der Waals surface area contributed by atoms with Crippen molar-refractivity contribution in [2.45, 2.75) is 4.90 Å². The first-order valence-electron chi connectivity index (χ1n) is 7.32. The third-order valence-electron chi connectivity index (χ3n) is 4.02. The molecule has 8 nitrogen and oxygen atoms in total. The number of oxime groups is 1. The number of hydrogen-bond donors (Lipinski definition) is 1. The SMILES string of the molecule is CO/N=C1\c2cc(S(N)(=O)=O)ccc2-n2c1nc1cc(Cl)ccc1c2=O. The first kappa shape index (κ1) is 16.7. The van der Waals surface area contributed by atoms with Crippen molar-refractivity contribution in [2.75, 3.05) is 7.11 Å². The zero-order valence-corrected chi connectivity index (χ0v) is 14.9. The van der Waals surface area contributed by atoms with Crippen molar-refractivity contribution in [1.29, 1.82) is 0 Å². The summed E-state index contributed by atoms with van der Waals surface area (Å²) in [5.74, 6) is 0.230. The first-order valence-corrected chi connectivity index (χ1v) is 9.25. The van der Waals surface area contributed by atoms with Gasteiger partial charge in [0.1, 0.15) is 7.11 Å². The van der Waals surface area contributed by atoms with Crippen LogP contribution in [0.25, 0.3) is 16.6 Å². The van der Waals surface area contributed by atoms with E-state index in [4.69, 9.17) is 21.6 Å². The number of benzene rings is 2. The summed E-state index contributed by atoms with van der Waals surface area (Å²) in [6.45, 7) is 0. The molecule has 26 heavy (non-hydrogen) atoms. The minimum absolute atomic E-state index is 0.103. The van der Waals surface area contributed by atoms with Crippen LogP contribution in [0.4, 0.5) is 0 Å². The van der Waals surface area contributed by atoms with Gasteiger partial charge in [0, 0.05) is 10.6 Å². The summed E-state index contributed by atoms with van der Waals surface area (Å²) in [6, 6.07) is 8.92. The summed E-state index contributed by atoms with van der Waals surface area (Å²) in [5, 5.41) is 9.94. The topological polar surface area (TPSA) is 117 Å². The average Bonchev–Trinajstić information content (AvgIpc) is 2.88. The maximum atomic E-state index is 13.0. The Bertz CT molecular complexity index is 1280. The Morgan fingerprint density at radius 1 is 1.23 bits per heavy atom. The van der Waals surface area contributed by atoms with Crippen LogP contribution >= 0.6 is 11.6 Å². The van der Waals surface area contributed by atoms with Gasteiger partial charge in [0.05, 0.1) is 21.5 Å². The third-order valence-corrected chi connectivity index (χ3v) is 5.16. The number of primary sulfonamides is 1. The van der Waals surface area contributed by atoms with E-state index in [1.807, 2.05) is 0 Å². The number of nitrogens with zero attached hydrogens (tertiary/aromatic N) is 3. The molecule has 2 heterocycles. The lowest BCUT2D eigenvalue weighted by Gasteiger charge is -2.06. The molecule has 0 aliphatic carbocycles. The van der Waals surface area contributed by atoms with Crippen LogP contribution in [0.1, 0.15) is 11.4 Å². The Balaban J connectivity index is 2.12. The second-order valence-corrected chi connectivity index (χ2v) is 7.58. The van der Waals surface area contributed by atoms with Gasteiger partial charge in [-0.3, -0.25) is 9.36 Å². The van der Waals surface area contributed by atoms with Crippen molar-refractivity contribution in [3.8, 4) is 5.69 Å². The van der Waals surface area contributed by atoms with E-state index >= 15 is 0 Å². The number of fused-ring (bicyclic) bond motifs is 4. The number of rotatable bonds is 2. The molecule has 0 saturated carbocycles. The van der Waals surface area contributed by atoms with Gasteiger partial charge in [0.2, 0.25) is 10.0 Å². The van der Waals surface area contributed by atoms with Gasteiger partial charge in [-0.05, 0) is 36.4 Å². The Morgan fingerprint density at radius 2 is 2.00 bits per heavy atom. The van der Waals surface area contributed by atoms with E-state index in [0.717, 1.165) is 0 Å². The van der Waals surface area contributed by atoms with Gasteiger partial charge >= 0.3 is 0 Å². The highest BCUT2D eigenvalue weighted by Crippen LogP contribution is 2.29. The molecule has 0 fully saturated rings. The third kappa shape index (κ3) is 2.40. The van der Waals surface area contributed by atoms with Gasteiger partial charge in [-0.25, -0.2) is 18.5 Å². The van der Waals surface area contributed by atoms with Gasteiger partial charge in [0.15, 0.2) is 11.5 Å². The lowest BCUT2D eigenvalue weighted by atomic mass is 10.1. The Hall–Kier alpha value is -2.75. The second-order valence-electron chi connectivity index (χ2n) is 5.58. The number of sulfonamides is 1. The van der Waals surface area contributed by atoms with Crippen molar-refractivity contribution in [2.24, 2.45) is 10.3 Å². The van der Waals surface area contributed by atoms with Gasteiger partial charge in [-0.2, -0.15) is 0 Å². The van der Waals surface area contributed by atoms with Crippen LogP contribution in [-0.4, -0.2) is 30.8 Å². The molecular formula is C16H11ClN4O4S. The standard InChI is InChI=1S/C16H11ClN4O4S/c1-25-20-14-11-7-9(26(18,23)24)3-5-13(11)21-15(14)19-12-6-8(17)2-4-10(12)16(21)22/h2-7H,1H3,(H2,18,23,24)/b20-14+. The van der Waals surface area contributed by atoms with E-state index in [1.54, 1.807) is 18.2 Å². The van der Waals surface area contributed by atoms with Crippen LogP contribution in [0.5, 0.6) is 0 Å². The van der Waals surface area contributed by atoms with Gasteiger partial charge in [0.25, 0.3) is 5.56 Å². The molecule has 0 radical (unpaired) electrons.